The number of hydrogen-bond donors (Lipinski definition) is 3. The molecule has 1 heterocycles. The van der Waals surface area contributed by atoms with E-state index in [1.54, 1.807) is 0 Å². The first-order valence-electron chi connectivity index (χ1n) is 6.05. The highest BCUT2D eigenvalue weighted by Crippen LogP contribution is 2.17. The monoisotopic (exact) mass is 302 g/mol. The van der Waals surface area contributed by atoms with Crippen molar-refractivity contribution in [2.24, 2.45) is 5.92 Å². The molecule has 0 bridgehead atoms. The van der Waals surface area contributed by atoms with E-state index in [4.69, 9.17) is 9.84 Å². The smallest absolute Gasteiger partial charge is 0.334 e. The number of aliphatic carboxylic acids is 1. The van der Waals surface area contributed by atoms with Gasteiger partial charge in [0.25, 0.3) is 0 Å². The molecule has 8 nitrogen and oxygen atoms in total. The molecule has 2 amide bonds. The molecule has 0 aliphatic rings. The number of carboxylic acids is 1. The molecule has 0 aliphatic carbocycles. The van der Waals surface area contributed by atoms with Crippen LogP contribution in [0, 0.1) is 5.92 Å². The topological polar surface area (TPSA) is 113 Å². The second-order valence-electron chi connectivity index (χ2n) is 4.50. The van der Waals surface area contributed by atoms with Gasteiger partial charge in [0.1, 0.15) is 5.01 Å². The number of carbonyl (C=O) groups excluding carboxylic acids is 1. The van der Waals surface area contributed by atoms with Crippen molar-refractivity contribution in [3.8, 4) is 0 Å². The van der Waals surface area contributed by atoms with Gasteiger partial charge >= 0.3 is 12.0 Å². The van der Waals surface area contributed by atoms with Crippen molar-refractivity contribution in [2.75, 3.05) is 19.0 Å². The molecule has 9 heteroatoms. The summed E-state index contributed by atoms with van der Waals surface area (Å²) in [5.41, 5.74) is 0. The van der Waals surface area contributed by atoms with Crippen LogP contribution in [0.1, 0.15) is 18.9 Å². The molecule has 0 saturated heterocycles. The fourth-order valence-corrected chi connectivity index (χ4v) is 2.28. The van der Waals surface area contributed by atoms with E-state index in [1.807, 2.05) is 0 Å². The number of urea groups is 1. The van der Waals surface area contributed by atoms with Crippen LogP contribution >= 0.6 is 11.3 Å². The third-order valence-corrected chi connectivity index (χ3v) is 3.14. The van der Waals surface area contributed by atoms with Crippen molar-refractivity contribution in [1.82, 2.24) is 15.5 Å². The van der Waals surface area contributed by atoms with Gasteiger partial charge in [-0.2, -0.15) is 0 Å². The lowest BCUT2D eigenvalue weighted by atomic mass is 10.1. The predicted molar refractivity (Wildman–Crippen MR) is 73.9 cm³/mol. The lowest BCUT2D eigenvalue weighted by Gasteiger charge is -2.11. The van der Waals surface area contributed by atoms with Crippen LogP contribution in [0.25, 0.3) is 0 Å². The summed E-state index contributed by atoms with van der Waals surface area (Å²) in [4.78, 5) is 22.2. The van der Waals surface area contributed by atoms with Crippen molar-refractivity contribution in [3.63, 3.8) is 0 Å². The lowest BCUT2D eigenvalue weighted by Crippen LogP contribution is -2.39. The van der Waals surface area contributed by atoms with Gasteiger partial charge in [0.2, 0.25) is 5.13 Å². The summed E-state index contributed by atoms with van der Waals surface area (Å²) in [6.45, 7) is 4.01. The zero-order valence-corrected chi connectivity index (χ0v) is 12.4. The molecule has 0 aromatic carbocycles. The van der Waals surface area contributed by atoms with E-state index < -0.39 is 18.1 Å². The number of nitrogens with zero attached hydrogens (tertiary/aromatic N) is 2. The number of amides is 2. The zero-order chi connectivity index (χ0) is 15.1. The van der Waals surface area contributed by atoms with Crippen LogP contribution in [0.3, 0.4) is 0 Å². The number of carbonyl (C=O) groups is 2. The maximum atomic E-state index is 11.6. The Morgan fingerprint density at radius 3 is 2.65 bits per heavy atom. The van der Waals surface area contributed by atoms with Crippen LogP contribution in [0.4, 0.5) is 9.93 Å². The number of aromatic nitrogens is 2. The fourth-order valence-electron chi connectivity index (χ4n) is 1.33. The fraction of sp³-hybridized carbons (Fsp3) is 0.636. The highest BCUT2D eigenvalue weighted by Gasteiger charge is 2.17. The van der Waals surface area contributed by atoms with Crippen molar-refractivity contribution in [2.45, 2.75) is 26.4 Å². The van der Waals surface area contributed by atoms with Crippen molar-refractivity contribution in [1.29, 1.82) is 0 Å². The molecule has 20 heavy (non-hydrogen) atoms. The van der Waals surface area contributed by atoms with Gasteiger partial charge < -0.3 is 15.2 Å². The molecule has 0 radical (unpaired) electrons. The van der Waals surface area contributed by atoms with E-state index in [9.17, 15) is 9.59 Å². The second kappa shape index (κ2) is 7.75. The number of anilines is 1. The van der Waals surface area contributed by atoms with Crippen LogP contribution in [0.5, 0.6) is 0 Å². The SMILES string of the molecule is COC(CNC(=O)Nc1nnc(CC(C)C)s1)C(=O)O. The number of rotatable bonds is 7. The van der Waals surface area contributed by atoms with Crippen molar-refractivity contribution >= 4 is 28.5 Å². The van der Waals surface area contributed by atoms with Gasteiger partial charge in [-0.25, -0.2) is 9.59 Å². The normalized spacial score (nSPS) is 12.2. The van der Waals surface area contributed by atoms with E-state index in [2.05, 4.69) is 34.7 Å². The number of hydrogen-bond acceptors (Lipinski definition) is 6. The molecule has 1 rings (SSSR count). The highest BCUT2D eigenvalue weighted by molar-refractivity contribution is 7.15. The molecular weight excluding hydrogens is 284 g/mol. The summed E-state index contributed by atoms with van der Waals surface area (Å²) < 4.78 is 4.69. The third-order valence-electron chi connectivity index (χ3n) is 2.28. The summed E-state index contributed by atoms with van der Waals surface area (Å²) in [5.74, 6) is -0.675. The maximum Gasteiger partial charge on any atom is 0.334 e. The van der Waals surface area contributed by atoms with Gasteiger partial charge in [-0.05, 0) is 5.92 Å². The number of nitrogens with one attached hydrogen (secondary N) is 2. The summed E-state index contributed by atoms with van der Waals surface area (Å²) >= 11 is 1.29. The first-order chi connectivity index (χ1) is 9.42. The van der Waals surface area contributed by atoms with Gasteiger partial charge in [-0.1, -0.05) is 25.2 Å². The maximum absolute atomic E-state index is 11.6. The molecule has 1 aromatic rings. The molecule has 0 spiro atoms. The van der Waals surface area contributed by atoms with Crippen LogP contribution in [0.15, 0.2) is 0 Å². The molecule has 0 fully saturated rings. The van der Waals surface area contributed by atoms with E-state index in [1.165, 1.54) is 18.4 Å². The number of carboxylic acid groups (broad SMARTS) is 1. The Bertz CT molecular complexity index is 463. The summed E-state index contributed by atoms with van der Waals surface area (Å²) in [5, 5.41) is 22.7. The van der Waals surface area contributed by atoms with Crippen LogP contribution in [0.2, 0.25) is 0 Å². The molecule has 1 atom stereocenters. The summed E-state index contributed by atoms with van der Waals surface area (Å²) in [6.07, 6.45) is -0.280. The molecular formula is C11H18N4O4S. The zero-order valence-electron chi connectivity index (χ0n) is 11.5. The Kier molecular flexibility index (Phi) is 6.32. The molecule has 3 N–H and O–H groups in total. The Hall–Kier alpha value is -1.74. The molecule has 0 aliphatic heterocycles. The van der Waals surface area contributed by atoms with Crippen molar-refractivity contribution in [3.05, 3.63) is 5.01 Å². The van der Waals surface area contributed by atoms with Crippen LogP contribution in [-0.4, -0.2) is 47.1 Å². The van der Waals surface area contributed by atoms with Crippen LogP contribution < -0.4 is 10.6 Å². The third kappa shape index (κ3) is 5.49. The van der Waals surface area contributed by atoms with E-state index in [0.717, 1.165) is 11.4 Å². The first kappa shape index (κ1) is 16.3. The molecule has 1 unspecified atom stereocenters. The second-order valence-corrected chi connectivity index (χ2v) is 5.56. The minimum absolute atomic E-state index is 0.130. The van der Waals surface area contributed by atoms with E-state index in [0.29, 0.717) is 11.0 Å². The van der Waals surface area contributed by atoms with Gasteiger partial charge in [-0.15, -0.1) is 10.2 Å². The number of methoxy groups -OCH3 is 1. The number of ether oxygens (including phenoxy) is 1. The Balaban J connectivity index is 2.42. The van der Waals surface area contributed by atoms with Gasteiger partial charge in [0, 0.05) is 13.5 Å². The Morgan fingerprint density at radius 1 is 1.40 bits per heavy atom. The predicted octanol–water partition coefficient (Wildman–Crippen LogP) is 0.958. The molecule has 1 aromatic heterocycles. The molecule has 0 saturated carbocycles. The van der Waals surface area contributed by atoms with Gasteiger partial charge in [0.15, 0.2) is 6.10 Å². The minimum atomic E-state index is -1.14. The molecule has 112 valence electrons. The van der Waals surface area contributed by atoms with Gasteiger partial charge in [0.05, 0.1) is 6.54 Å². The van der Waals surface area contributed by atoms with Crippen LogP contribution in [-0.2, 0) is 16.0 Å². The van der Waals surface area contributed by atoms with Crippen molar-refractivity contribution < 1.29 is 19.4 Å². The van der Waals surface area contributed by atoms with E-state index in [-0.39, 0.29) is 6.54 Å². The highest BCUT2D eigenvalue weighted by atomic mass is 32.1. The average Bonchev–Trinajstić information content (AvgIpc) is 2.75. The summed E-state index contributed by atoms with van der Waals surface area (Å²) in [6, 6.07) is -0.541. The summed E-state index contributed by atoms with van der Waals surface area (Å²) in [7, 11) is 1.27. The largest absolute Gasteiger partial charge is 0.479 e. The Labute approximate surface area is 120 Å². The average molecular weight is 302 g/mol. The quantitative estimate of drug-likeness (QED) is 0.691. The minimum Gasteiger partial charge on any atom is -0.479 e. The lowest BCUT2D eigenvalue weighted by molar-refractivity contribution is -0.147. The van der Waals surface area contributed by atoms with E-state index >= 15 is 0 Å². The standard InChI is InChI=1S/C11H18N4O4S/c1-6(2)4-8-14-15-11(20-8)13-10(18)12-5-7(19-3)9(16)17/h6-7H,4-5H2,1-3H3,(H,16,17)(H2,12,13,15,18). The first-order valence-corrected chi connectivity index (χ1v) is 6.86. The van der Waals surface area contributed by atoms with Gasteiger partial charge in [-0.3, -0.25) is 5.32 Å². The Morgan fingerprint density at radius 2 is 2.10 bits per heavy atom.